The zero-order chi connectivity index (χ0) is 7.40. The smallest absolute Gasteiger partial charge is 0.0890 e. The van der Waals surface area contributed by atoms with Crippen LogP contribution in [0.15, 0.2) is 12.4 Å². The molecule has 0 aliphatic carbocycles. The molecule has 1 rings (SSSR count). The van der Waals surface area contributed by atoms with Gasteiger partial charge in [0.15, 0.2) is 0 Å². The van der Waals surface area contributed by atoms with Crippen LogP contribution >= 0.6 is 0 Å². The third-order valence-electron chi connectivity index (χ3n) is 1.74. The molecule has 0 amide bonds. The Morgan fingerprint density at radius 3 is 2.55 bits per heavy atom. The summed E-state index contributed by atoms with van der Waals surface area (Å²) in [4.78, 5) is 4.53. The third-order valence-corrected chi connectivity index (χ3v) is 1.74. The molecule has 1 aliphatic heterocycles. The van der Waals surface area contributed by atoms with Gasteiger partial charge in [-0.3, -0.25) is 0 Å². The molecule has 61 valence electrons. The van der Waals surface area contributed by atoms with Gasteiger partial charge >= 0.3 is 0 Å². The van der Waals surface area contributed by atoms with E-state index in [1.807, 2.05) is 0 Å². The zero-order valence-corrected chi connectivity index (χ0v) is 7.45. The van der Waals surface area contributed by atoms with Crippen LogP contribution in [0.25, 0.3) is 0 Å². The minimum absolute atomic E-state index is 0. The first kappa shape index (κ1) is 10.4. The van der Waals surface area contributed by atoms with Crippen molar-refractivity contribution in [1.29, 1.82) is 0 Å². The Hall–Kier alpha value is -0.595. The van der Waals surface area contributed by atoms with E-state index >= 15 is 0 Å². The molecule has 0 N–H and O–H groups in total. The van der Waals surface area contributed by atoms with Crippen molar-refractivity contribution >= 4 is 8.41 Å². The van der Waals surface area contributed by atoms with Crippen LogP contribution in [0.2, 0.25) is 0 Å². The van der Waals surface area contributed by atoms with Crippen LogP contribution in [0.3, 0.4) is 0 Å². The van der Waals surface area contributed by atoms with Crippen molar-refractivity contribution in [2.75, 3.05) is 20.3 Å². The van der Waals surface area contributed by atoms with E-state index < -0.39 is 0 Å². The van der Waals surface area contributed by atoms with Crippen molar-refractivity contribution in [1.82, 2.24) is 9.80 Å². The van der Waals surface area contributed by atoms with Crippen LogP contribution in [0.4, 0.5) is 0 Å². The van der Waals surface area contributed by atoms with Crippen LogP contribution in [0.1, 0.15) is 19.8 Å². The van der Waals surface area contributed by atoms with Crippen LogP contribution in [-0.4, -0.2) is 38.5 Å². The second-order valence-corrected chi connectivity index (χ2v) is 2.86. The summed E-state index contributed by atoms with van der Waals surface area (Å²) in [5.74, 6) is 0. The second kappa shape index (κ2) is 5.11. The molecule has 1 aliphatic rings. The summed E-state index contributed by atoms with van der Waals surface area (Å²) in [7, 11) is 2.10. The standard InChI is InChI=1S/C8H16N2.B/c1-3-4-5-10-7-6-9(2)8-10;/h6-7H,3-5,8H2,1-2H3;. The molecule has 0 saturated heterocycles. The fourth-order valence-corrected chi connectivity index (χ4v) is 1.10. The molecule has 0 saturated carbocycles. The van der Waals surface area contributed by atoms with E-state index in [0.717, 1.165) is 6.67 Å². The molecular formula is C8H16BN2. The lowest BCUT2D eigenvalue weighted by Crippen LogP contribution is -2.23. The fraction of sp³-hybridized carbons (Fsp3) is 0.750. The van der Waals surface area contributed by atoms with Crippen LogP contribution < -0.4 is 0 Å². The normalized spacial score (nSPS) is 15.5. The van der Waals surface area contributed by atoms with E-state index in [9.17, 15) is 0 Å². The number of unbranched alkanes of at least 4 members (excludes halogenated alkanes) is 1. The summed E-state index contributed by atoms with van der Waals surface area (Å²) in [6.45, 7) is 4.50. The maximum atomic E-state index is 2.34. The molecule has 0 unspecified atom stereocenters. The Balaban J connectivity index is 0.000001000. The van der Waals surface area contributed by atoms with Crippen LogP contribution in [-0.2, 0) is 0 Å². The monoisotopic (exact) mass is 151 g/mol. The van der Waals surface area contributed by atoms with E-state index in [1.54, 1.807) is 0 Å². The van der Waals surface area contributed by atoms with Gasteiger partial charge in [0.25, 0.3) is 0 Å². The highest BCUT2D eigenvalue weighted by Gasteiger charge is 2.05. The average Bonchev–Trinajstić information content (AvgIpc) is 2.31. The lowest BCUT2D eigenvalue weighted by atomic mass is 10.3. The van der Waals surface area contributed by atoms with Gasteiger partial charge in [-0.2, -0.15) is 0 Å². The molecule has 0 atom stereocenters. The van der Waals surface area contributed by atoms with Crippen LogP contribution in [0.5, 0.6) is 0 Å². The Morgan fingerprint density at radius 2 is 2.09 bits per heavy atom. The largest absolute Gasteiger partial charge is 0.362 e. The molecule has 1 heterocycles. The van der Waals surface area contributed by atoms with Gasteiger partial charge in [-0.05, 0) is 6.42 Å². The number of rotatable bonds is 3. The molecule has 0 bridgehead atoms. The zero-order valence-electron chi connectivity index (χ0n) is 7.45. The molecule has 0 aromatic rings. The summed E-state index contributed by atoms with van der Waals surface area (Å²) < 4.78 is 0. The first-order valence-corrected chi connectivity index (χ1v) is 3.95. The SMILES string of the molecule is CCCCN1C=CN(C)C1.[B]. The summed E-state index contributed by atoms with van der Waals surface area (Å²) in [6, 6.07) is 0. The topological polar surface area (TPSA) is 6.48 Å². The summed E-state index contributed by atoms with van der Waals surface area (Å²) in [5.41, 5.74) is 0. The minimum atomic E-state index is 0. The van der Waals surface area contributed by atoms with E-state index in [1.165, 1.54) is 19.4 Å². The van der Waals surface area contributed by atoms with Gasteiger partial charge in [0.2, 0.25) is 0 Å². The Bertz CT molecular complexity index is 125. The number of nitrogens with zero attached hydrogens (tertiary/aromatic N) is 2. The quantitative estimate of drug-likeness (QED) is 0.557. The van der Waals surface area contributed by atoms with Crippen molar-refractivity contribution < 1.29 is 0 Å². The maximum absolute atomic E-state index is 2.34. The van der Waals surface area contributed by atoms with E-state index in [0.29, 0.717) is 0 Å². The molecule has 3 heteroatoms. The molecule has 0 aromatic carbocycles. The van der Waals surface area contributed by atoms with Gasteiger partial charge in [-0.1, -0.05) is 13.3 Å². The van der Waals surface area contributed by atoms with Gasteiger partial charge in [0.05, 0.1) is 6.67 Å². The summed E-state index contributed by atoms with van der Waals surface area (Å²) >= 11 is 0. The van der Waals surface area contributed by atoms with E-state index in [4.69, 9.17) is 0 Å². The highest BCUT2D eigenvalue weighted by atomic mass is 15.3. The molecule has 2 nitrogen and oxygen atoms in total. The highest BCUT2D eigenvalue weighted by molar-refractivity contribution is 5.75. The first-order chi connectivity index (χ1) is 4.83. The van der Waals surface area contributed by atoms with E-state index in [-0.39, 0.29) is 8.41 Å². The molecular weight excluding hydrogens is 135 g/mol. The number of hydrogen-bond donors (Lipinski definition) is 0. The highest BCUT2D eigenvalue weighted by Crippen LogP contribution is 2.04. The Labute approximate surface area is 71.4 Å². The van der Waals surface area contributed by atoms with Gasteiger partial charge in [0.1, 0.15) is 0 Å². The molecule has 0 spiro atoms. The Morgan fingerprint density at radius 1 is 1.36 bits per heavy atom. The molecule has 0 fully saturated rings. The summed E-state index contributed by atoms with van der Waals surface area (Å²) in [5, 5.41) is 0. The van der Waals surface area contributed by atoms with E-state index in [2.05, 4.69) is 36.2 Å². The maximum Gasteiger partial charge on any atom is 0.0890 e. The van der Waals surface area contributed by atoms with Gasteiger partial charge < -0.3 is 9.80 Å². The lowest BCUT2D eigenvalue weighted by molar-refractivity contribution is 0.293. The summed E-state index contributed by atoms with van der Waals surface area (Å²) in [6.07, 6.45) is 6.87. The van der Waals surface area contributed by atoms with Gasteiger partial charge in [-0.15, -0.1) is 0 Å². The second-order valence-electron chi connectivity index (χ2n) is 2.86. The third kappa shape index (κ3) is 3.35. The van der Waals surface area contributed by atoms with Crippen molar-refractivity contribution in [3.05, 3.63) is 12.4 Å². The van der Waals surface area contributed by atoms with Crippen molar-refractivity contribution in [3.8, 4) is 0 Å². The average molecular weight is 151 g/mol. The van der Waals surface area contributed by atoms with Gasteiger partial charge in [-0.25, -0.2) is 0 Å². The Kier molecular flexibility index (Phi) is 4.83. The molecule has 3 radical (unpaired) electrons. The molecule has 11 heavy (non-hydrogen) atoms. The predicted octanol–water partition coefficient (Wildman–Crippen LogP) is 1.08. The first-order valence-electron chi connectivity index (χ1n) is 3.95. The van der Waals surface area contributed by atoms with Crippen LogP contribution in [0, 0.1) is 0 Å². The van der Waals surface area contributed by atoms with Crippen molar-refractivity contribution in [2.24, 2.45) is 0 Å². The lowest BCUT2D eigenvalue weighted by Gasteiger charge is -2.17. The van der Waals surface area contributed by atoms with Crippen molar-refractivity contribution in [2.45, 2.75) is 19.8 Å². The fourth-order valence-electron chi connectivity index (χ4n) is 1.10. The molecule has 0 aromatic heterocycles. The minimum Gasteiger partial charge on any atom is -0.362 e. The van der Waals surface area contributed by atoms with Crippen molar-refractivity contribution in [3.63, 3.8) is 0 Å². The van der Waals surface area contributed by atoms with Gasteiger partial charge in [0, 0.05) is 34.4 Å². The number of hydrogen-bond acceptors (Lipinski definition) is 2. The predicted molar refractivity (Wildman–Crippen MR) is 49.1 cm³/mol.